The number of carbonyl (C=O) groups excluding carboxylic acids is 2. The van der Waals surface area contributed by atoms with Crippen molar-refractivity contribution < 1.29 is 23.8 Å². The van der Waals surface area contributed by atoms with E-state index >= 15 is 0 Å². The molecule has 27 heavy (non-hydrogen) atoms. The van der Waals surface area contributed by atoms with Gasteiger partial charge in [-0.2, -0.15) is 0 Å². The van der Waals surface area contributed by atoms with Crippen molar-refractivity contribution in [1.82, 2.24) is 5.32 Å². The molecule has 0 unspecified atom stereocenters. The third kappa shape index (κ3) is 5.65. The molecule has 0 aliphatic carbocycles. The Morgan fingerprint density at radius 2 is 1.85 bits per heavy atom. The fourth-order valence-electron chi connectivity index (χ4n) is 2.55. The smallest absolute Gasteiger partial charge is 0.316 e. The summed E-state index contributed by atoms with van der Waals surface area (Å²) in [5.41, 5.74) is 0.992. The highest BCUT2D eigenvalue weighted by atomic mass is 32.2. The first-order chi connectivity index (χ1) is 13.1. The van der Waals surface area contributed by atoms with Gasteiger partial charge in [0.25, 0.3) is 5.91 Å². The fraction of sp³-hybridized carbons (Fsp3) is 0.300. The second-order valence-electron chi connectivity index (χ2n) is 5.95. The predicted octanol–water partition coefficient (Wildman–Crippen LogP) is 2.97. The molecule has 0 bridgehead atoms. The first kappa shape index (κ1) is 19.1. The number of nitrogens with one attached hydrogen (secondary N) is 1. The maximum absolute atomic E-state index is 11.9. The number of rotatable bonds is 7. The molecule has 0 saturated carbocycles. The van der Waals surface area contributed by atoms with Gasteiger partial charge in [-0.05, 0) is 30.7 Å². The highest BCUT2D eigenvalue weighted by molar-refractivity contribution is 8.00. The Morgan fingerprint density at radius 1 is 1.11 bits per heavy atom. The second-order valence-corrected chi connectivity index (χ2v) is 7.00. The number of hydrogen-bond donors (Lipinski definition) is 1. The van der Waals surface area contributed by atoms with Gasteiger partial charge in [0.2, 0.25) is 0 Å². The number of esters is 1. The van der Waals surface area contributed by atoms with Gasteiger partial charge in [-0.1, -0.05) is 30.3 Å². The van der Waals surface area contributed by atoms with Crippen LogP contribution in [-0.4, -0.2) is 37.4 Å². The van der Waals surface area contributed by atoms with Crippen molar-refractivity contribution in [1.29, 1.82) is 0 Å². The molecule has 0 aromatic heterocycles. The van der Waals surface area contributed by atoms with Crippen molar-refractivity contribution >= 4 is 23.6 Å². The lowest BCUT2D eigenvalue weighted by Crippen LogP contribution is -2.31. The fourth-order valence-corrected chi connectivity index (χ4v) is 3.27. The highest BCUT2D eigenvalue weighted by Crippen LogP contribution is 2.34. The van der Waals surface area contributed by atoms with Crippen molar-refractivity contribution in [3.63, 3.8) is 0 Å². The highest BCUT2D eigenvalue weighted by Gasteiger charge is 2.14. The van der Waals surface area contributed by atoms with E-state index < -0.39 is 5.97 Å². The zero-order valence-electron chi connectivity index (χ0n) is 15.0. The minimum Gasteiger partial charge on any atom is -0.486 e. The summed E-state index contributed by atoms with van der Waals surface area (Å²) in [6.07, 6.45) is 0. The summed E-state index contributed by atoms with van der Waals surface area (Å²) in [6, 6.07) is 15.0. The molecule has 3 rings (SSSR count). The van der Waals surface area contributed by atoms with Gasteiger partial charge >= 0.3 is 5.97 Å². The van der Waals surface area contributed by atoms with Crippen LogP contribution in [0.3, 0.4) is 0 Å². The maximum Gasteiger partial charge on any atom is 0.316 e. The number of thioether (sulfide) groups is 1. The zero-order valence-corrected chi connectivity index (χ0v) is 15.8. The Kier molecular flexibility index (Phi) is 6.59. The average Bonchev–Trinajstić information content (AvgIpc) is 2.71. The largest absolute Gasteiger partial charge is 0.486 e. The van der Waals surface area contributed by atoms with Crippen LogP contribution in [0.1, 0.15) is 18.5 Å². The Balaban J connectivity index is 1.40. The Hall–Kier alpha value is -2.67. The molecule has 1 amide bonds. The molecule has 2 aromatic carbocycles. The van der Waals surface area contributed by atoms with Crippen LogP contribution in [0.2, 0.25) is 0 Å². The Bertz CT molecular complexity index is 796. The summed E-state index contributed by atoms with van der Waals surface area (Å²) in [5, 5.41) is 2.81. The van der Waals surface area contributed by atoms with E-state index in [1.165, 1.54) is 11.8 Å². The Morgan fingerprint density at radius 3 is 2.63 bits per heavy atom. The van der Waals surface area contributed by atoms with Crippen molar-refractivity contribution in [3.05, 3.63) is 54.1 Å². The van der Waals surface area contributed by atoms with Crippen LogP contribution in [0.25, 0.3) is 0 Å². The molecule has 2 aromatic rings. The van der Waals surface area contributed by atoms with Gasteiger partial charge in [0, 0.05) is 4.90 Å². The molecule has 6 nitrogen and oxygen atoms in total. The van der Waals surface area contributed by atoms with Crippen molar-refractivity contribution in [2.45, 2.75) is 17.9 Å². The number of carbonyl (C=O) groups is 2. The Labute approximate surface area is 162 Å². The van der Waals surface area contributed by atoms with Gasteiger partial charge < -0.3 is 19.5 Å². The molecule has 1 N–H and O–H groups in total. The van der Waals surface area contributed by atoms with Crippen LogP contribution in [0.5, 0.6) is 11.5 Å². The molecule has 142 valence electrons. The van der Waals surface area contributed by atoms with Crippen LogP contribution in [0.15, 0.2) is 53.4 Å². The lowest BCUT2D eigenvalue weighted by atomic mass is 10.1. The summed E-state index contributed by atoms with van der Waals surface area (Å²) in [5.74, 6) is 0.717. The van der Waals surface area contributed by atoms with Gasteiger partial charge in [0.15, 0.2) is 18.1 Å². The van der Waals surface area contributed by atoms with Gasteiger partial charge in [0.05, 0.1) is 11.8 Å². The van der Waals surface area contributed by atoms with Crippen LogP contribution in [0.4, 0.5) is 0 Å². The van der Waals surface area contributed by atoms with E-state index in [1.54, 1.807) is 0 Å². The monoisotopic (exact) mass is 387 g/mol. The molecule has 1 atom stereocenters. The third-order valence-electron chi connectivity index (χ3n) is 3.91. The summed E-state index contributed by atoms with van der Waals surface area (Å²) in [7, 11) is 0. The van der Waals surface area contributed by atoms with E-state index in [9.17, 15) is 9.59 Å². The van der Waals surface area contributed by atoms with Crippen LogP contribution >= 0.6 is 11.8 Å². The first-order valence-electron chi connectivity index (χ1n) is 8.64. The van der Waals surface area contributed by atoms with Gasteiger partial charge in [-0.3, -0.25) is 9.59 Å². The minimum atomic E-state index is -0.447. The van der Waals surface area contributed by atoms with E-state index in [0.29, 0.717) is 24.7 Å². The molecule has 0 spiro atoms. The normalized spacial score (nSPS) is 13.5. The number of ether oxygens (including phenoxy) is 3. The average molecular weight is 387 g/mol. The molecule has 7 heteroatoms. The quantitative estimate of drug-likeness (QED) is 0.582. The molecular formula is C20H21NO5S. The predicted molar refractivity (Wildman–Crippen MR) is 102 cm³/mol. The molecule has 0 fully saturated rings. The van der Waals surface area contributed by atoms with E-state index in [1.807, 2.05) is 55.5 Å². The first-order valence-corrected chi connectivity index (χ1v) is 9.63. The van der Waals surface area contributed by atoms with Crippen LogP contribution in [-0.2, 0) is 14.3 Å². The number of amides is 1. The summed E-state index contributed by atoms with van der Waals surface area (Å²) < 4.78 is 16.0. The van der Waals surface area contributed by atoms with E-state index in [2.05, 4.69) is 5.32 Å². The number of fused-ring (bicyclic) bond motifs is 1. The SMILES string of the molecule is C[C@H](NC(=O)COC(=O)CSc1ccc2c(c1)OCCO2)c1ccccc1. The maximum atomic E-state index is 11.9. The molecular weight excluding hydrogens is 366 g/mol. The van der Waals surface area contributed by atoms with Gasteiger partial charge in [-0.25, -0.2) is 0 Å². The lowest BCUT2D eigenvalue weighted by Gasteiger charge is -2.18. The minimum absolute atomic E-state index is 0.112. The van der Waals surface area contributed by atoms with E-state index in [0.717, 1.165) is 10.5 Å². The van der Waals surface area contributed by atoms with Crippen LogP contribution in [0, 0.1) is 0 Å². The second kappa shape index (κ2) is 9.32. The van der Waals surface area contributed by atoms with E-state index in [4.69, 9.17) is 14.2 Å². The molecule has 1 aliphatic heterocycles. The summed E-state index contributed by atoms with van der Waals surface area (Å²) in [4.78, 5) is 24.7. The summed E-state index contributed by atoms with van der Waals surface area (Å²) >= 11 is 1.32. The zero-order chi connectivity index (χ0) is 19.1. The van der Waals surface area contributed by atoms with Gasteiger partial charge in [-0.15, -0.1) is 11.8 Å². The lowest BCUT2D eigenvalue weighted by molar-refractivity contribution is -0.146. The van der Waals surface area contributed by atoms with E-state index in [-0.39, 0.29) is 24.3 Å². The van der Waals surface area contributed by atoms with Crippen molar-refractivity contribution in [2.75, 3.05) is 25.6 Å². The van der Waals surface area contributed by atoms with Crippen molar-refractivity contribution in [2.24, 2.45) is 0 Å². The van der Waals surface area contributed by atoms with Crippen LogP contribution < -0.4 is 14.8 Å². The third-order valence-corrected chi connectivity index (χ3v) is 4.88. The van der Waals surface area contributed by atoms with Crippen molar-refractivity contribution in [3.8, 4) is 11.5 Å². The number of hydrogen-bond acceptors (Lipinski definition) is 6. The standard InChI is InChI=1S/C20H21NO5S/c1-14(15-5-3-2-4-6-15)21-19(22)12-26-20(23)13-27-16-7-8-17-18(11-16)25-10-9-24-17/h2-8,11,14H,9-10,12-13H2,1H3,(H,21,22)/t14-/m0/s1. The molecule has 1 heterocycles. The molecule has 0 saturated heterocycles. The summed E-state index contributed by atoms with van der Waals surface area (Å²) in [6.45, 7) is 2.64. The topological polar surface area (TPSA) is 73.9 Å². The van der Waals surface area contributed by atoms with Gasteiger partial charge in [0.1, 0.15) is 13.2 Å². The molecule has 1 aliphatic rings. The number of benzene rings is 2. The molecule has 0 radical (unpaired) electrons.